The van der Waals surface area contributed by atoms with Gasteiger partial charge in [0.05, 0.1) is 0 Å². The van der Waals surface area contributed by atoms with Crippen molar-refractivity contribution in [1.29, 1.82) is 0 Å². The highest BCUT2D eigenvalue weighted by Crippen LogP contribution is 2.33. The van der Waals surface area contributed by atoms with Gasteiger partial charge in [0.15, 0.2) is 11.5 Å². The van der Waals surface area contributed by atoms with Crippen LogP contribution in [0, 0.1) is 11.8 Å². The van der Waals surface area contributed by atoms with Crippen molar-refractivity contribution in [2.24, 2.45) is 11.8 Å². The number of benzene rings is 1. The monoisotopic (exact) mass is 301 g/mol. The van der Waals surface area contributed by atoms with Gasteiger partial charge >= 0.3 is 0 Å². The van der Waals surface area contributed by atoms with Crippen molar-refractivity contribution in [2.45, 2.75) is 13.3 Å². The van der Waals surface area contributed by atoms with E-state index in [1.54, 1.807) is 0 Å². The van der Waals surface area contributed by atoms with Gasteiger partial charge in [-0.05, 0) is 43.1 Å². The van der Waals surface area contributed by atoms with Gasteiger partial charge in [-0.1, -0.05) is 12.1 Å². The SMILES string of the molecule is C[C@@H]1CNC[C@H]1Cc1nc(-c2ccc3c(c2)OCCO3)no1. The lowest BCUT2D eigenvalue weighted by atomic mass is 9.95. The summed E-state index contributed by atoms with van der Waals surface area (Å²) in [5.41, 5.74) is 0.886. The quantitative estimate of drug-likeness (QED) is 0.934. The van der Waals surface area contributed by atoms with Crippen molar-refractivity contribution in [3.05, 3.63) is 24.1 Å². The van der Waals surface area contributed by atoms with E-state index in [9.17, 15) is 0 Å². The molecule has 1 saturated heterocycles. The third kappa shape index (κ3) is 2.54. The molecule has 3 heterocycles. The molecule has 0 amide bonds. The van der Waals surface area contributed by atoms with Crippen molar-refractivity contribution in [1.82, 2.24) is 15.5 Å². The molecule has 0 bridgehead atoms. The van der Waals surface area contributed by atoms with Crippen LogP contribution < -0.4 is 14.8 Å². The van der Waals surface area contributed by atoms with Crippen LogP contribution in [-0.2, 0) is 6.42 Å². The lowest BCUT2D eigenvalue weighted by Gasteiger charge is -2.18. The molecule has 2 aromatic rings. The summed E-state index contributed by atoms with van der Waals surface area (Å²) in [6, 6.07) is 5.73. The molecule has 0 radical (unpaired) electrons. The molecular weight excluding hydrogens is 282 g/mol. The van der Waals surface area contributed by atoms with Gasteiger partial charge in [-0.15, -0.1) is 0 Å². The lowest BCUT2D eigenvalue weighted by molar-refractivity contribution is 0.171. The Morgan fingerprint density at radius 1 is 1.18 bits per heavy atom. The van der Waals surface area contributed by atoms with Crippen molar-refractivity contribution >= 4 is 0 Å². The molecule has 4 rings (SSSR count). The van der Waals surface area contributed by atoms with E-state index < -0.39 is 0 Å². The first-order chi connectivity index (χ1) is 10.8. The van der Waals surface area contributed by atoms with Crippen molar-refractivity contribution in [2.75, 3.05) is 26.3 Å². The van der Waals surface area contributed by atoms with Crippen LogP contribution in [0.2, 0.25) is 0 Å². The molecule has 2 aliphatic heterocycles. The van der Waals surface area contributed by atoms with Gasteiger partial charge in [-0.3, -0.25) is 0 Å². The van der Waals surface area contributed by atoms with E-state index in [4.69, 9.17) is 14.0 Å². The number of nitrogens with one attached hydrogen (secondary N) is 1. The number of hydrogen-bond donors (Lipinski definition) is 1. The third-order valence-electron chi connectivity index (χ3n) is 4.38. The zero-order valence-electron chi connectivity index (χ0n) is 12.5. The summed E-state index contributed by atoms with van der Waals surface area (Å²) < 4.78 is 16.5. The van der Waals surface area contributed by atoms with Crippen LogP contribution >= 0.6 is 0 Å². The highest BCUT2D eigenvalue weighted by Gasteiger charge is 2.25. The lowest BCUT2D eigenvalue weighted by Crippen LogP contribution is -2.15. The Hall–Kier alpha value is -2.08. The van der Waals surface area contributed by atoms with E-state index in [0.717, 1.165) is 36.6 Å². The second-order valence-corrected chi connectivity index (χ2v) is 5.97. The summed E-state index contributed by atoms with van der Waals surface area (Å²) in [5, 5.41) is 7.49. The highest BCUT2D eigenvalue weighted by atomic mass is 16.6. The van der Waals surface area contributed by atoms with Crippen LogP contribution in [0.15, 0.2) is 22.7 Å². The van der Waals surface area contributed by atoms with E-state index in [1.807, 2.05) is 18.2 Å². The molecule has 2 aliphatic rings. The van der Waals surface area contributed by atoms with Gasteiger partial charge in [0, 0.05) is 12.0 Å². The van der Waals surface area contributed by atoms with Crippen LogP contribution in [0.25, 0.3) is 11.4 Å². The number of ether oxygens (including phenoxy) is 2. The molecule has 116 valence electrons. The van der Waals surface area contributed by atoms with E-state index >= 15 is 0 Å². The first-order valence-corrected chi connectivity index (χ1v) is 7.73. The zero-order valence-corrected chi connectivity index (χ0v) is 12.5. The van der Waals surface area contributed by atoms with E-state index in [-0.39, 0.29) is 0 Å². The Morgan fingerprint density at radius 2 is 2.05 bits per heavy atom. The number of nitrogens with zero attached hydrogens (tertiary/aromatic N) is 2. The number of aromatic nitrogens is 2. The third-order valence-corrected chi connectivity index (χ3v) is 4.38. The molecule has 6 heteroatoms. The first-order valence-electron chi connectivity index (χ1n) is 7.73. The fourth-order valence-corrected chi connectivity index (χ4v) is 3.00. The van der Waals surface area contributed by atoms with Gasteiger partial charge in [0.25, 0.3) is 0 Å². The van der Waals surface area contributed by atoms with Crippen molar-refractivity contribution < 1.29 is 14.0 Å². The van der Waals surface area contributed by atoms with Gasteiger partial charge < -0.3 is 19.3 Å². The first kappa shape index (κ1) is 13.6. The highest BCUT2D eigenvalue weighted by molar-refractivity contribution is 5.60. The maximum absolute atomic E-state index is 5.59. The predicted molar refractivity (Wildman–Crippen MR) is 80.0 cm³/mol. The standard InChI is InChI=1S/C16H19N3O3/c1-10-8-17-9-12(10)7-15-18-16(19-22-15)11-2-3-13-14(6-11)21-5-4-20-13/h2-3,6,10,12,17H,4-5,7-9H2,1H3/t10-,12-/m1/s1. The molecule has 0 saturated carbocycles. The van der Waals surface area contributed by atoms with Crippen molar-refractivity contribution in [3.63, 3.8) is 0 Å². The summed E-state index contributed by atoms with van der Waals surface area (Å²) in [7, 11) is 0. The second-order valence-electron chi connectivity index (χ2n) is 5.97. The smallest absolute Gasteiger partial charge is 0.227 e. The predicted octanol–water partition coefficient (Wildman–Crippen LogP) is 1.91. The summed E-state index contributed by atoms with van der Waals surface area (Å²) in [6.45, 7) is 5.49. The van der Waals surface area contributed by atoms with Crippen LogP contribution in [-0.4, -0.2) is 36.4 Å². The largest absolute Gasteiger partial charge is 0.486 e. The van der Waals surface area contributed by atoms with Gasteiger partial charge in [-0.2, -0.15) is 4.98 Å². The summed E-state index contributed by atoms with van der Waals surface area (Å²) in [6.07, 6.45) is 0.825. The van der Waals surface area contributed by atoms with E-state index in [1.165, 1.54) is 0 Å². The molecule has 1 aromatic heterocycles. The molecule has 1 N–H and O–H groups in total. The Balaban J connectivity index is 1.53. The minimum atomic E-state index is 0.563. The Morgan fingerprint density at radius 3 is 2.86 bits per heavy atom. The zero-order chi connectivity index (χ0) is 14.9. The Kier molecular flexibility index (Phi) is 3.46. The fraction of sp³-hybridized carbons (Fsp3) is 0.500. The molecule has 0 aliphatic carbocycles. The number of fused-ring (bicyclic) bond motifs is 1. The van der Waals surface area contributed by atoms with E-state index in [0.29, 0.717) is 36.8 Å². The molecule has 0 unspecified atom stereocenters. The van der Waals surface area contributed by atoms with Gasteiger partial charge in [0.2, 0.25) is 11.7 Å². The molecule has 1 fully saturated rings. The number of rotatable bonds is 3. The van der Waals surface area contributed by atoms with E-state index in [2.05, 4.69) is 22.4 Å². The van der Waals surface area contributed by atoms with Crippen LogP contribution in [0.4, 0.5) is 0 Å². The van der Waals surface area contributed by atoms with Crippen LogP contribution in [0.1, 0.15) is 12.8 Å². The van der Waals surface area contributed by atoms with Gasteiger partial charge in [0.1, 0.15) is 13.2 Å². The normalized spacial score (nSPS) is 23.7. The maximum Gasteiger partial charge on any atom is 0.227 e. The summed E-state index contributed by atoms with van der Waals surface area (Å²) >= 11 is 0. The average Bonchev–Trinajstić information content (AvgIpc) is 3.17. The fourth-order valence-electron chi connectivity index (χ4n) is 3.00. The second kappa shape index (κ2) is 5.61. The van der Waals surface area contributed by atoms with Crippen LogP contribution in [0.5, 0.6) is 11.5 Å². The minimum Gasteiger partial charge on any atom is -0.486 e. The average molecular weight is 301 g/mol. The number of hydrogen-bond acceptors (Lipinski definition) is 6. The summed E-state index contributed by atoms with van der Waals surface area (Å²) in [4.78, 5) is 4.53. The molecule has 0 spiro atoms. The topological polar surface area (TPSA) is 69.4 Å². The van der Waals surface area contributed by atoms with Gasteiger partial charge in [-0.25, -0.2) is 0 Å². The minimum absolute atomic E-state index is 0.563. The summed E-state index contributed by atoms with van der Waals surface area (Å²) in [5.74, 6) is 4.02. The molecular formula is C16H19N3O3. The molecule has 2 atom stereocenters. The Bertz CT molecular complexity index is 670. The van der Waals surface area contributed by atoms with Crippen LogP contribution in [0.3, 0.4) is 0 Å². The van der Waals surface area contributed by atoms with Crippen molar-refractivity contribution in [3.8, 4) is 22.9 Å². The Labute approximate surface area is 128 Å². The maximum atomic E-state index is 5.59. The molecule has 6 nitrogen and oxygen atoms in total. The molecule has 1 aromatic carbocycles. The molecule has 22 heavy (non-hydrogen) atoms.